The third kappa shape index (κ3) is 3.61. The second kappa shape index (κ2) is 7.44. The van der Waals surface area contributed by atoms with E-state index in [0.717, 1.165) is 11.1 Å². The molecule has 2 aromatic carbocycles. The minimum absolute atomic E-state index is 0.173. The Bertz CT molecular complexity index is 882. The van der Waals surface area contributed by atoms with E-state index in [2.05, 4.69) is 0 Å². The maximum Gasteiger partial charge on any atom is 0.347 e. The van der Waals surface area contributed by atoms with Crippen molar-refractivity contribution in [1.29, 1.82) is 0 Å². The van der Waals surface area contributed by atoms with Crippen molar-refractivity contribution in [2.45, 2.75) is 26.9 Å². The summed E-state index contributed by atoms with van der Waals surface area (Å²) in [6.45, 7) is 5.62. The number of carbonyl (C=O) groups excluding carboxylic acids is 2. The van der Waals surface area contributed by atoms with Gasteiger partial charge in [-0.25, -0.2) is 4.79 Å². The smallest absolute Gasteiger partial charge is 0.347 e. The molecule has 0 fully saturated rings. The Morgan fingerprint density at radius 2 is 2.00 bits per heavy atom. The average Bonchev–Trinajstić information content (AvgIpc) is 2.92. The predicted octanol–water partition coefficient (Wildman–Crippen LogP) is 3.94. The maximum absolute atomic E-state index is 12.5. The van der Waals surface area contributed by atoms with E-state index >= 15 is 0 Å². The highest BCUT2D eigenvalue weighted by atomic mass is 16.6. The number of fused-ring (bicyclic) bond motifs is 1. The summed E-state index contributed by atoms with van der Waals surface area (Å²) in [5.41, 5.74) is 2.46. The summed E-state index contributed by atoms with van der Waals surface area (Å²) in [5, 5.41) is 0. The van der Waals surface area contributed by atoms with Crippen molar-refractivity contribution in [1.82, 2.24) is 0 Å². The number of rotatable bonds is 5. The third-order valence-corrected chi connectivity index (χ3v) is 4.05. The van der Waals surface area contributed by atoms with Gasteiger partial charge in [0.05, 0.1) is 12.2 Å². The molecule has 2 aromatic rings. The molecule has 0 aromatic heterocycles. The largest absolute Gasteiger partial charge is 0.479 e. The SMILES string of the molecule is CCOC(=O)C(C)Oc1ccc2c(c1)O/C(=C\c1ccccc1C)C2=O. The summed E-state index contributed by atoms with van der Waals surface area (Å²) in [6.07, 6.45) is 0.992. The summed E-state index contributed by atoms with van der Waals surface area (Å²) in [4.78, 5) is 24.2. The number of esters is 1. The average molecular weight is 352 g/mol. The second-order valence-electron chi connectivity index (χ2n) is 5.97. The molecular weight excluding hydrogens is 332 g/mol. The summed E-state index contributed by atoms with van der Waals surface area (Å²) in [5.74, 6) is 0.515. The van der Waals surface area contributed by atoms with Crippen molar-refractivity contribution in [3.8, 4) is 11.5 Å². The Balaban J connectivity index is 1.80. The lowest BCUT2D eigenvalue weighted by Crippen LogP contribution is -2.26. The van der Waals surface area contributed by atoms with Crippen molar-refractivity contribution in [2.75, 3.05) is 6.61 Å². The van der Waals surface area contributed by atoms with Gasteiger partial charge in [0, 0.05) is 6.07 Å². The molecule has 26 heavy (non-hydrogen) atoms. The predicted molar refractivity (Wildman–Crippen MR) is 97.3 cm³/mol. The van der Waals surface area contributed by atoms with Crippen LogP contribution in [-0.2, 0) is 9.53 Å². The molecule has 0 N–H and O–H groups in total. The van der Waals surface area contributed by atoms with Gasteiger partial charge in [0.1, 0.15) is 11.5 Å². The van der Waals surface area contributed by atoms with Gasteiger partial charge in [0.15, 0.2) is 11.9 Å². The quantitative estimate of drug-likeness (QED) is 0.602. The van der Waals surface area contributed by atoms with E-state index in [1.54, 1.807) is 38.1 Å². The van der Waals surface area contributed by atoms with Crippen LogP contribution in [0.1, 0.15) is 35.3 Å². The molecule has 1 unspecified atom stereocenters. The fourth-order valence-electron chi connectivity index (χ4n) is 2.64. The van der Waals surface area contributed by atoms with Crippen LogP contribution in [0.5, 0.6) is 11.5 Å². The van der Waals surface area contributed by atoms with Crippen LogP contribution in [0.4, 0.5) is 0 Å². The normalized spacial score (nSPS) is 15.3. The molecule has 0 bridgehead atoms. The molecule has 0 spiro atoms. The Morgan fingerprint density at radius 3 is 2.73 bits per heavy atom. The number of allylic oxidation sites excluding steroid dienone is 1. The van der Waals surface area contributed by atoms with Gasteiger partial charge in [0.2, 0.25) is 5.78 Å². The fraction of sp³-hybridized carbons (Fsp3) is 0.238. The number of hydrogen-bond donors (Lipinski definition) is 0. The molecule has 5 heteroatoms. The van der Waals surface area contributed by atoms with Gasteiger partial charge >= 0.3 is 5.97 Å². The van der Waals surface area contributed by atoms with Gasteiger partial charge in [0.25, 0.3) is 0 Å². The first-order valence-corrected chi connectivity index (χ1v) is 8.46. The van der Waals surface area contributed by atoms with Crippen molar-refractivity contribution in [2.24, 2.45) is 0 Å². The lowest BCUT2D eigenvalue weighted by atomic mass is 10.1. The topological polar surface area (TPSA) is 61.8 Å². The lowest BCUT2D eigenvalue weighted by molar-refractivity contribution is -0.150. The highest BCUT2D eigenvalue weighted by molar-refractivity contribution is 6.14. The van der Waals surface area contributed by atoms with E-state index in [9.17, 15) is 9.59 Å². The highest BCUT2D eigenvalue weighted by Crippen LogP contribution is 2.35. The van der Waals surface area contributed by atoms with Crippen molar-refractivity contribution < 1.29 is 23.8 Å². The zero-order valence-electron chi connectivity index (χ0n) is 14.9. The molecule has 0 saturated carbocycles. The molecule has 0 amide bonds. The zero-order chi connectivity index (χ0) is 18.7. The number of carbonyl (C=O) groups is 2. The van der Waals surface area contributed by atoms with Crippen molar-refractivity contribution in [3.05, 3.63) is 64.9 Å². The van der Waals surface area contributed by atoms with Gasteiger partial charge in [-0.3, -0.25) is 4.79 Å². The molecule has 3 rings (SSSR count). The number of benzene rings is 2. The fourth-order valence-corrected chi connectivity index (χ4v) is 2.64. The molecule has 1 atom stereocenters. The van der Waals surface area contributed by atoms with E-state index in [1.165, 1.54) is 0 Å². The first kappa shape index (κ1) is 17.7. The lowest BCUT2D eigenvalue weighted by Gasteiger charge is -2.13. The van der Waals surface area contributed by atoms with Crippen LogP contribution in [0.25, 0.3) is 6.08 Å². The van der Waals surface area contributed by atoms with Gasteiger partial charge in [-0.2, -0.15) is 0 Å². The molecule has 5 nitrogen and oxygen atoms in total. The van der Waals surface area contributed by atoms with Gasteiger partial charge in [-0.15, -0.1) is 0 Å². The molecule has 1 aliphatic rings. The van der Waals surface area contributed by atoms with E-state index in [1.807, 2.05) is 31.2 Å². The van der Waals surface area contributed by atoms with Crippen LogP contribution in [0.15, 0.2) is 48.2 Å². The number of Topliss-reactive ketones (excluding diaryl/α,β-unsaturated/α-hetero) is 1. The Labute approximate surface area is 152 Å². The standard InChI is InChI=1S/C21H20O5/c1-4-24-21(23)14(3)25-16-9-10-17-18(12-16)26-19(20(17)22)11-15-8-6-5-7-13(15)2/h5-12,14H,4H2,1-3H3/b19-11-. The third-order valence-electron chi connectivity index (χ3n) is 4.05. The van der Waals surface area contributed by atoms with Crippen molar-refractivity contribution in [3.63, 3.8) is 0 Å². The van der Waals surface area contributed by atoms with E-state index in [4.69, 9.17) is 14.2 Å². The Kier molecular flexibility index (Phi) is 5.07. The first-order chi connectivity index (χ1) is 12.5. The van der Waals surface area contributed by atoms with Crippen LogP contribution < -0.4 is 9.47 Å². The van der Waals surface area contributed by atoms with Crippen molar-refractivity contribution >= 4 is 17.8 Å². The van der Waals surface area contributed by atoms with Gasteiger partial charge in [-0.1, -0.05) is 24.3 Å². The Morgan fingerprint density at radius 1 is 1.23 bits per heavy atom. The molecule has 0 aliphatic carbocycles. The number of aryl methyl sites for hydroxylation is 1. The van der Waals surface area contributed by atoms with E-state index in [-0.39, 0.29) is 11.5 Å². The van der Waals surface area contributed by atoms with Gasteiger partial charge in [-0.05, 0) is 50.1 Å². The monoisotopic (exact) mass is 352 g/mol. The molecule has 1 heterocycles. The van der Waals surface area contributed by atoms with E-state index in [0.29, 0.717) is 23.7 Å². The zero-order valence-corrected chi connectivity index (χ0v) is 14.9. The number of ether oxygens (including phenoxy) is 3. The summed E-state index contributed by atoms with van der Waals surface area (Å²) < 4.78 is 16.2. The summed E-state index contributed by atoms with van der Waals surface area (Å²) in [7, 11) is 0. The molecule has 0 saturated heterocycles. The van der Waals surface area contributed by atoms with Crippen LogP contribution in [-0.4, -0.2) is 24.5 Å². The summed E-state index contributed by atoms with van der Waals surface area (Å²) >= 11 is 0. The first-order valence-electron chi connectivity index (χ1n) is 8.46. The van der Waals surface area contributed by atoms with Crippen LogP contribution in [0.3, 0.4) is 0 Å². The number of hydrogen-bond acceptors (Lipinski definition) is 5. The minimum Gasteiger partial charge on any atom is -0.479 e. The molecule has 0 radical (unpaired) electrons. The maximum atomic E-state index is 12.5. The van der Waals surface area contributed by atoms with Crippen LogP contribution in [0.2, 0.25) is 0 Å². The summed E-state index contributed by atoms with van der Waals surface area (Å²) in [6, 6.07) is 12.7. The molecular formula is C21H20O5. The molecule has 134 valence electrons. The van der Waals surface area contributed by atoms with Gasteiger partial charge < -0.3 is 14.2 Å². The van der Waals surface area contributed by atoms with E-state index < -0.39 is 12.1 Å². The van der Waals surface area contributed by atoms with Crippen LogP contribution in [0, 0.1) is 6.92 Å². The Hall–Kier alpha value is -3.08. The number of ketones is 1. The highest BCUT2D eigenvalue weighted by Gasteiger charge is 2.28. The minimum atomic E-state index is -0.743. The van der Waals surface area contributed by atoms with Crippen LogP contribution >= 0.6 is 0 Å². The second-order valence-corrected chi connectivity index (χ2v) is 5.97. The molecule has 1 aliphatic heterocycles.